The molecule has 0 saturated heterocycles. The molecule has 0 spiro atoms. The molecule has 0 aliphatic heterocycles. The van der Waals surface area contributed by atoms with Crippen molar-refractivity contribution in [3.05, 3.63) is 86.3 Å². The highest BCUT2D eigenvalue weighted by molar-refractivity contribution is 9.11. The fraction of sp³-hybridized carbons (Fsp3) is 0.0476. The summed E-state index contributed by atoms with van der Waals surface area (Å²) in [6, 6.07) is 21.0. The molecule has 4 nitrogen and oxygen atoms in total. The number of rotatable bonds is 7. The van der Waals surface area contributed by atoms with Crippen LogP contribution in [0.3, 0.4) is 0 Å². The van der Waals surface area contributed by atoms with Crippen LogP contribution >= 0.6 is 55.2 Å². The van der Waals surface area contributed by atoms with Gasteiger partial charge in [-0.2, -0.15) is 5.10 Å². The highest BCUT2D eigenvalue weighted by Gasteiger charge is 2.05. The van der Waals surface area contributed by atoms with E-state index in [2.05, 4.69) is 42.4 Å². The third-order valence-corrected chi connectivity index (χ3v) is 5.97. The standard InChI is InChI=1S/C21H15Br2ClN2O2S/c22-15-3-10-20(19(23)11-15)28-13-21(27)26-25-12-14-1-6-17(7-2-14)29-18-8-4-16(24)5-9-18/h1-12H,13H2,(H,26,27)/b25-12+. The Labute approximate surface area is 194 Å². The summed E-state index contributed by atoms with van der Waals surface area (Å²) in [5, 5.41) is 4.69. The van der Waals surface area contributed by atoms with Gasteiger partial charge < -0.3 is 4.74 Å². The molecule has 0 bridgehead atoms. The lowest BCUT2D eigenvalue weighted by Gasteiger charge is -2.07. The van der Waals surface area contributed by atoms with E-state index < -0.39 is 0 Å². The molecule has 0 aliphatic carbocycles. The maximum absolute atomic E-state index is 11.9. The number of amides is 1. The van der Waals surface area contributed by atoms with E-state index in [1.165, 1.54) is 0 Å². The van der Waals surface area contributed by atoms with Crippen LogP contribution in [-0.2, 0) is 4.79 Å². The number of halogens is 3. The number of hydrogen-bond donors (Lipinski definition) is 1. The Morgan fingerprint density at radius 1 is 1.03 bits per heavy atom. The van der Waals surface area contributed by atoms with Crippen LogP contribution in [0.4, 0.5) is 0 Å². The first kappa shape index (κ1) is 21.9. The van der Waals surface area contributed by atoms with Crippen LogP contribution in [0, 0.1) is 0 Å². The monoisotopic (exact) mass is 552 g/mol. The lowest BCUT2D eigenvalue weighted by atomic mass is 10.2. The molecule has 0 aromatic heterocycles. The highest BCUT2D eigenvalue weighted by atomic mass is 79.9. The number of nitrogens with one attached hydrogen (secondary N) is 1. The van der Waals surface area contributed by atoms with E-state index in [9.17, 15) is 4.79 Å². The first-order valence-corrected chi connectivity index (χ1v) is 11.2. The van der Waals surface area contributed by atoms with E-state index in [0.717, 1.165) is 29.3 Å². The van der Waals surface area contributed by atoms with Crippen LogP contribution in [0.25, 0.3) is 0 Å². The number of nitrogens with zero attached hydrogens (tertiary/aromatic N) is 1. The molecule has 0 aliphatic rings. The summed E-state index contributed by atoms with van der Waals surface area (Å²) in [5.41, 5.74) is 3.33. The molecule has 8 heteroatoms. The maximum Gasteiger partial charge on any atom is 0.277 e. The van der Waals surface area contributed by atoms with Gasteiger partial charge in [-0.15, -0.1) is 0 Å². The fourth-order valence-electron chi connectivity index (χ4n) is 2.21. The maximum atomic E-state index is 11.9. The lowest BCUT2D eigenvalue weighted by Crippen LogP contribution is -2.24. The summed E-state index contributed by atoms with van der Waals surface area (Å²) in [6.45, 7) is -0.131. The Bertz CT molecular complexity index is 1010. The minimum atomic E-state index is -0.342. The average molecular weight is 555 g/mol. The van der Waals surface area contributed by atoms with Crippen LogP contribution in [0.2, 0.25) is 5.02 Å². The SMILES string of the molecule is O=C(COc1ccc(Br)cc1Br)N/N=C/c1ccc(Sc2ccc(Cl)cc2)cc1. The third-order valence-electron chi connectivity index (χ3n) is 3.59. The Morgan fingerprint density at radius 2 is 1.69 bits per heavy atom. The van der Waals surface area contributed by atoms with E-state index in [1.807, 2.05) is 60.7 Å². The summed E-state index contributed by atoms with van der Waals surface area (Å²) in [4.78, 5) is 14.1. The van der Waals surface area contributed by atoms with E-state index in [4.69, 9.17) is 16.3 Å². The van der Waals surface area contributed by atoms with Gasteiger partial charge in [0.2, 0.25) is 0 Å². The summed E-state index contributed by atoms with van der Waals surface area (Å²) >= 11 is 14.3. The van der Waals surface area contributed by atoms with Gasteiger partial charge in [-0.25, -0.2) is 5.43 Å². The molecule has 29 heavy (non-hydrogen) atoms. The van der Waals surface area contributed by atoms with Gasteiger partial charge in [0.25, 0.3) is 5.91 Å². The summed E-state index contributed by atoms with van der Waals surface area (Å²) in [7, 11) is 0. The number of carbonyl (C=O) groups is 1. The number of hydrazone groups is 1. The van der Waals surface area contributed by atoms with Gasteiger partial charge in [0, 0.05) is 19.3 Å². The van der Waals surface area contributed by atoms with Crippen molar-refractivity contribution >= 4 is 67.3 Å². The largest absolute Gasteiger partial charge is 0.483 e. The smallest absolute Gasteiger partial charge is 0.277 e. The quantitative estimate of drug-likeness (QED) is 0.266. The second kappa shape index (κ2) is 10.8. The predicted molar refractivity (Wildman–Crippen MR) is 125 cm³/mol. The van der Waals surface area contributed by atoms with Crippen molar-refractivity contribution < 1.29 is 9.53 Å². The van der Waals surface area contributed by atoms with Crippen molar-refractivity contribution in [2.75, 3.05) is 6.61 Å². The molecule has 0 radical (unpaired) electrons. The minimum Gasteiger partial charge on any atom is -0.483 e. The Kier molecular flexibility index (Phi) is 8.18. The molecule has 1 N–H and O–H groups in total. The molecule has 3 aromatic rings. The van der Waals surface area contributed by atoms with Gasteiger partial charge in [-0.05, 0) is 76.1 Å². The van der Waals surface area contributed by atoms with Gasteiger partial charge in [0.05, 0.1) is 10.7 Å². The molecule has 148 valence electrons. The lowest BCUT2D eigenvalue weighted by molar-refractivity contribution is -0.123. The molecule has 0 unspecified atom stereocenters. The zero-order valence-corrected chi connectivity index (χ0v) is 19.7. The van der Waals surface area contributed by atoms with Crippen LogP contribution in [0.15, 0.2) is 90.6 Å². The molecular formula is C21H15Br2ClN2O2S. The van der Waals surface area contributed by atoms with Gasteiger partial charge in [-0.1, -0.05) is 51.4 Å². The summed E-state index contributed by atoms with van der Waals surface area (Å²) < 4.78 is 7.15. The first-order valence-electron chi connectivity index (χ1n) is 8.43. The van der Waals surface area contributed by atoms with Gasteiger partial charge >= 0.3 is 0 Å². The number of ether oxygens (including phenoxy) is 1. The molecule has 3 aromatic carbocycles. The summed E-state index contributed by atoms with van der Waals surface area (Å²) in [6.07, 6.45) is 1.59. The second-order valence-corrected chi connectivity index (χ2v) is 9.13. The molecule has 0 heterocycles. The first-order chi connectivity index (χ1) is 14.0. The predicted octanol–water partition coefficient (Wildman–Crippen LogP) is 6.55. The van der Waals surface area contributed by atoms with E-state index in [0.29, 0.717) is 5.75 Å². The Balaban J connectivity index is 1.47. The zero-order valence-electron chi connectivity index (χ0n) is 14.9. The van der Waals surface area contributed by atoms with Crippen LogP contribution in [0.1, 0.15) is 5.56 Å². The molecule has 0 saturated carbocycles. The normalized spacial score (nSPS) is 10.9. The fourth-order valence-corrected chi connectivity index (χ4v) is 4.31. The number of hydrogen-bond acceptors (Lipinski definition) is 4. The van der Waals surface area contributed by atoms with E-state index in [-0.39, 0.29) is 12.5 Å². The van der Waals surface area contributed by atoms with E-state index >= 15 is 0 Å². The second-order valence-electron chi connectivity index (χ2n) is 5.78. The third kappa shape index (κ3) is 7.19. The topological polar surface area (TPSA) is 50.7 Å². The van der Waals surface area contributed by atoms with Gasteiger partial charge in [0.15, 0.2) is 6.61 Å². The van der Waals surface area contributed by atoms with Crippen molar-refractivity contribution in [1.29, 1.82) is 0 Å². The molecule has 1 amide bonds. The van der Waals surface area contributed by atoms with Gasteiger partial charge in [-0.3, -0.25) is 4.79 Å². The molecule has 3 rings (SSSR count). The zero-order chi connectivity index (χ0) is 20.6. The van der Waals surface area contributed by atoms with Crippen LogP contribution in [-0.4, -0.2) is 18.7 Å². The van der Waals surface area contributed by atoms with Crippen molar-refractivity contribution in [2.45, 2.75) is 9.79 Å². The van der Waals surface area contributed by atoms with Crippen molar-refractivity contribution in [2.24, 2.45) is 5.10 Å². The Hall–Kier alpha value is -1.80. The summed E-state index contributed by atoms with van der Waals surface area (Å²) in [5.74, 6) is 0.243. The number of benzene rings is 3. The van der Waals surface area contributed by atoms with Crippen molar-refractivity contribution in [3.63, 3.8) is 0 Å². The van der Waals surface area contributed by atoms with Crippen LogP contribution in [0.5, 0.6) is 5.75 Å². The Morgan fingerprint density at radius 3 is 2.34 bits per heavy atom. The molecular weight excluding hydrogens is 540 g/mol. The van der Waals surface area contributed by atoms with Crippen molar-refractivity contribution in [3.8, 4) is 5.75 Å². The minimum absolute atomic E-state index is 0.131. The van der Waals surface area contributed by atoms with E-state index in [1.54, 1.807) is 24.0 Å². The van der Waals surface area contributed by atoms with Crippen molar-refractivity contribution in [1.82, 2.24) is 5.43 Å². The average Bonchev–Trinajstić information content (AvgIpc) is 2.70. The molecule has 0 atom stereocenters. The molecule has 0 fully saturated rings. The van der Waals surface area contributed by atoms with Gasteiger partial charge in [0.1, 0.15) is 5.75 Å². The number of carbonyl (C=O) groups excluding carboxylic acids is 1. The van der Waals surface area contributed by atoms with Crippen LogP contribution < -0.4 is 10.2 Å². The highest BCUT2D eigenvalue weighted by Crippen LogP contribution is 2.29.